The molecule has 1 N–H and O–H groups in total. The lowest BCUT2D eigenvalue weighted by Gasteiger charge is -2.36. The van der Waals surface area contributed by atoms with E-state index in [2.05, 4.69) is 23.3 Å². The van der Waals surface area contributed by atoms with Crippen molar-refractivity contribution in [2.24, 2.45) is 0 Å². The van der Waals surface area contributed by atoms with Gasteiger partial charge in [-0.05, 0) is 42.7 Å². The first kappa shape index (κ1) is 17.4. The molecule has 1 atom stereocenters. The van der Waals surface area contributed by atoms with Gasteiger partial charge in [-0.2, -0.15) is 0 Å². The molecule has 132 valence electrons. The fourth-order valence-corrected chi connectivity index (χ4v) is 3.15. The molecule has 1 unspecified atom stereocenters. The molecule has 2 aromatic rings. The van der Waals surface area contributed by atoms with E-state index < -0.39 is 0 Å². The Balaban J connectivity index is 1.60. The van der Waals surface area contributed by atoms with Gasteiger partial charge in [-0.25, -0.2) is 0 Å². The molecule has 1 amide bonds. The van der Waals surface area contributed by atoms with Crippen LogP contribution in [0.3, 0.4) is 0 Å². The molecule has 1 saturated heterocycles. The number of aromatic nitrogens is 1. The topological polar surface area (TPSA) is 54.5 Å². The van der Waals surface area contributed by atoms with Crippen LogP contribution in [0.15, 0.2) is 42.7 Å². The zero-order valence-corrected chi connectivity index (χ0v) is 14.9. The van der Waals surface area contributed by atoms with Crippen LogP contribution in [-0.2, 0) is 4.79 Å². The minimum absolute atomic E-state index is 0.0376. The Labute approximate surface area is 149 Å². The number of aryl methyl sites for hydroxylation is 1. The zero-order valence-electron chi connectivity index (χ0n) is 14.9. The molecular formula is C20H25N3O2. The molecule has 2 heterocycles. The van der Waals surface area contributed by atoms with E-state index in [9.17, 15) is 4.79 Å². The first-order chi connectivity index (χ1) is 12.2. The smallest absolute Gasteiger partial charge is 0.226 e. The SMILES string of the molecule is Cc1cccc(OCCC(=O)N2CCNCC2c2cccnc2)c1C. The third-order valence-electron chi connectivity index (χ3n) is 4.76. The van der Waals surface area contributed by atoms with Gasteiger partial charge in [0.2, 0.25) is 5.91 Å². The Morgan fingerprint density at radius 1 is 1.32 bits per heavy atom. The maximum atomic E-state index is 12.7. The van der Waals surface area contributed by atoms with E-state index in [0.717, 1.165) is 30.0 Å². The van der Waals surface area contributed by atoms with Gasteiger partial charge in [-0.3, -0.25) is 9.78 Å². The average Bonchev–Trinajstić information content (AvgIpc) is 2.66. The highest BCUT2D eigenvalue weighted by molar-refractivity contribution is 5.77. The minimum Gasteiger partial charge on any atom is -0.493 e. The number of hydrogen-bond acceptors (Lipinski definition) is 4. The Kier molecular flexibility index (Phi) is 5.66. The highest BCUT2D eigenvalue weighted by atomic mass is 16.5. The number of pyridine rings is 1. The third kappa shape index (κ3) is 4.17. The number of nitrogens with one attached hydrogen (secondary N) is 1. The van der Waals surface area contributed by atoms with E-state index >= 15 is 0 Å². The Hall–Kier alpha value is -2.40. The van der Waals surface area contributed by atoms with Gasteiger partial charge in [-0.1, -0.05) is 18.2 Å². The summed E-state index contributed by atoms with van der Waals surface area (Å²) in [7, 11) is 0. The van der Waals surface area contributed by atoms with Crippen molar-refractivity contribution in [3.8, 4) is 5.75 Å². The molecule has 0 aliphatic carbocycles. The van der Waals surface area contributed by atoms with Crippen LogP contribution in [-0.4, -0.2) is 42.0 Å². The summed E-state index contributed by atoms with van der Waals surface area (Å²) in [4.78, 5) is 18.8. The summed E-state index contributed by atoms with van der Waals surface area (Å²) in [5.74, 6) is 0.984. The van der Waals surface area contributed by atoms with E-state index in [1.165, 1.54) is 5.56 Å². The standard InChI is InChI=1S/C20H25N3O2/c1-15-5-3-7-19(16(15)2)25-12-8-20(24)23-11-10-22-14-18(23)17-6-4-9-21-13-17/h3-7,9,13,18,22H,8,10-12,14H2,1-2H3. The largest absolute Gasteiger partial charge is 0.493 e. The van der Waals surface area contributed by atoms with Crippen LogP contribution in [0.2, 0.25) is 0 Å². The van der Waals surface area contributed by atoms with E-state index in [4.69, 9.17) is 4.74 Å². The maximum Gasteiger partial charge on any atom is 0.226 e. The Morgan fingerprint density at radius 2 is 2.20 bits per heavy atom. The van der Waals surface area contributed by atoms with Gasteiger partial charge >= 0.3 is 0 Å². The van der Waals surface area contributed by atoms with Crippen molar-refractivity contribution in [2.45, 2.75) is 26.3 Å². The fraction of sp³-hybridized carbons (Fsp3) is 0.400. The second kappa shape index (κ2) is 8.12. The van der Waals surface area contributed by atoms with Crippen LogP contribution in [0, 0.1) is 13.8 Å². The van der Waals surface area contributed by atoms with Crippen molar-refractivity contribution in [1.29, 1.82) is 0 Å². The average molecular weight is 339 g/mol. The molecule has 5 heteroatoms. The molecule has 1 fully saturated rings. The second-order valence-corrected chi connectivity index (χ2v) is 6.39. The maximum absolute atomic E-state index is 12.7. The number of benzene rings is 1. The molecule has 0 bridgehead atoms. The molecule has 25 heavy (non-hydrogen) atoms. The number of nitrogens with zero attached hydrogens (tertiary/aromatic N) is 2. The molecule has 1 aromatic carbocycles. The summed E-state index contributed by atoms with van der Waals surface area (Å²) in [5, 5.41) is 3.36. The predicted molar refractivity (Wildman–Crippen MR) is 97.6 cm³/mol. The van der Waals surface area contributed by atoms with Crippen molar-refractivity contribution < 1.29 is 9.53 Å². The van der Waals surface area contributed by atoms with E-state index in [-0.39, 0.29) is 11.9 Å². The van der Waals surface area contributed by atoms with Gasteiger partial charge < -0.3 is 15.0 Å². The van der Waals surface area contributed by atoms with Crippen LogP contribution in [0.1, 0.15) is 29.2 Å². The number of carbonyl (C=O) groups is 1. The first-order valence-corrected chi connectivity index (χ1v) is 8.76. The number of amides is 1. The van der Waals surface area contributed by atoms with E-state index in [0.29, 0.717) is 19.6 Å². The summed E-state index contributed by atoms with van der Waals surface area (Å²) in [6, 6.07) is 9.97. The first-order valence-electron chi connectivity index (χ1n) is 8.76. The van der Waals surface area contributed by atoms with Gasteiger partial charge in [0.15, 0.2) is 0 Å². The van der Waals surface area contributed by atoms with Gasteiger partial charge in [0, 0.05) is 32.0 Å². The van der Waals surface area contributed by atoms with E-state index in [1.807, 2.05) is 42.3 Å². The highest BCUT2D eigenvalue weighted by Crippen LogP contribution is 2.23. The van der Waals surface area contributed by atoms with Crippen LogP contribution < -0.4 is 10.1 Å². The molecule has 0 saturated carbocycles. The lowest BCUT2D eigenvalue weighted by atomic mass is 10.0. The number of ether oxygens (including phenoxy) is 1. The summed E-state index contributed by atoms with van der Waals surface area (Å²) < 4.78 is 5.84. The van der Waals surface area contributed by atoms with Crippen LogP contribution >= 0.6 is 0 Å². The number of piperazine rings is 1. The van der Waals surface area contributed by atoms with Crippen LogP contribution in [0.5, 0.6) is 5.75 Å². The van der Waals surface area contributed by atoms with Gasteiger partial charge in [0.1, 0.15) is 5.75 Å². The summed E-state index contributed by atoms with van der Waals surface area (Å²) in [6.45, 7) is 6.79. The van der Waals surface area contributed by atoms with Crippen molar-refractivity contribution >= 4 is 5.91 Å². The molecule has 1 aromatic heterocycles. The fourth-order valence-electron chi connectivity index (χ4n) is 3.15. The van der Waals surface area contributed by atoms with Gasteiger partial charge in [-0.15, -0.1) is 0 Å². The zero-order chi connectivity index (χ0) is 17.6. The van der Waals surface area contributed by atoms with Crippen molar-refractivity contribution in [2.75, 3.05) is 26.2 Å². The molecule has 3 rings (SSSR count). The monoisotopic (exact) mass is 339 g/mol. The minimum atomic E-state index is 0.0376. The normalized spacial score (nSPS) is 17.4. The lowest BCUT2D eigenvalue weighted by Crippen LogP contribution is -2.49. The van der Waals surface area contributed by atoms with Crippen LogP contribution in [0.4, 0.5) is 0 Å². The van der Waals surface area contributed by atoms with Crippen molar-refractivity contribution in [3.63, 3.8) is 0 Å². The quantitative estimate of drug-likeness (QED) is 0.910. The summed E-state index contributed by atoms with van der Waals surface area (Å²) in [5.41, 5.74) is 3.39. The number of rotatable bonds is 5. The van der Waals surface area contributed by atoms with Crippen molar-refractivity contribution in [1.82, 2.24) is 15.2 Å². The highest BCUT2D eigenvalue weighted by Gasteiger charge is 2.27. The molecule has 1 aliphatic heterocycles. The Morgan fingerprint density at radius 3 is 3.00 bits per heavy atom. The second-order valence-electron chi connectivity index (χ2n) is 6.39. The van der Waals surface area contributed by atoms with Gasteiger partial charge in [0.25, 0.3) is 0 Å². The van der Waals surface area contributed by atoms with E-state index in [1.54, 1.807) is 6.20 Å². The third-order valence-corrected chi connectivity index (χ3v) is 4.76. The number of carbonyl (C=O) groups excluding carboxylic acids is 1. The number of hydrogen-bond donors (Lipinski definition) is 1. The predicted octanol–water partition coefficient (Wildman–Crippen LogP) is 2.64. The lowest BCUT2D eigenvalue weighted by molar-refractivity contribution is -0.135. The molecule has 5 nitrogen and oxygen atoms in total. The van der Waals surface area contributed by atoms with Gasteiger partial charge in [0.05, 0.1) is 19.1 Å². The van der Waals surface area contributed by atoms with Crippen LogP contribution in [0.25, 0.3) is 0 Å². The summed E-state index contributed by atoms with van der Waals surface area (Å²) >= 11 is 0. The molecule has 1 aliphatic rings. The molecule has 0 radical (unpaired) electrons. The molecular weight excluding hydrogens is 314 g/mol. The summed E-state index contributed by atoms with van der Waals surface area (Å²) in [6.07, 6.45) is 3.97. The van der Waals surface area contributed by atoms with Crippen molar-refractivity contribution in [3.05, 3.63) is 59.4 Å². The Bertz CT molecular complexity index is 718. The molecule has 0 spiro atoms.